The van der Waals surface area contributed by atoms with E-state index in [0.717, 1.165) is 17.7 Å². The van der Waals surface area contributed by atoms with Gasteiger partial charge in [0.15, 0.2) is 0 Å². The van der Waals surface area contributed by atoms with Crippen molar-refractivity contribution in [2.75, 3.05) is 11.1 Å². The summed E-state index contributed by atoms with van der Waals surface area (Å²) < 4.78 is 27.0. The van der Waals surface area contributed by atoms with Gasteiger partial charge in [0.2, 0.25) is 0 Å². The van der Waals surface area contributed by atoms with Crippen LogP contribution < -0.4 is 11.1 Å². The molecule has 0 radical (unpaired) electrons. The van der Waals surface area contributed by atoms with Crippen molar-refractivity contribution in [3.8, 4) is 0 Å². The van der Waals surface area contributed by atoms with Crippen LogP contribution in [-0.4, -0.2) is 5.91 Å². The zero-order valence-electron chi connectivity index (χ0n) is 10.5. The van der Waals surface area contributed by atoms with Crippen molar-refractivity contribution in [2.24, 2.45) is 0 Å². The monoisotopic (exact) mass is 340 g/mol. The second kappa shape index (κ2) is 5.58. The average molecular weight is 341 g/mol. The Balaban J connectivity index is 2.33. The molecule has 0 unspecified atom stereocenters. The van der Waals surface area contributed by atoms with E-state index >= 15 is 0 Å². The second-order valence-electron chi connectivity index (χ2n) is 4.24. The van der Waals surface area contributed by atoms with Crippen LogP contribution in [0.2, 0.25) is 0 Å². The molecule has 2 rings (SSSR count). The van der Waals surface area contributed by atoms with E-state index in [1.165, 1.54) is 6.07 Å². The first-order chi connectivity index (χ1) is 9.40. The third kappa shape index (κ3) is 2.80. The van der Waals surface area contributed by atoms with Crippen molar-refractivity contribution < 1.29 is 13.6 Å². The maximum absolute atomic E-state index is 13.6. The number of carbonyl (C=O) groups excluding carboxylic acids is 1. The molecule has 2 aromatic rings. The first-order valence-corrected chi connectivity index (χ1v) is 6.50. The molecular formula is C14H11BrF2N2O. The van der Waals surface area contributed by atoms with Crippen molar-refractivity contribution in [1.29, 1.82) is 0 Å². The SMILES string of the molecule is Cc1cccc(C(=O)Nc2cc(F)c(Br)cc2F)c1N. The highest BCUT2D eigenvalue weighted by Gasteiger charge is 2.15. The van der Waals surface area contributed by atoms with Crippen LogP contribution in [0.1, 0.15) is 15.9 Å². The molecule has 0 bridgehead atoms. The van der Waals surface area contributed by atoms with Gasteiger partial charge in [-0.25, -0.2) is 8.78 Å². The predicted molar refractivity (Wildman–Crippen MR) is 77.6 cm³/mol. The van der Waals surface area contributed by atoms with Crippen LogP contribution in [0.3, 0.4) is 0 Å². The quantitative estimate of drug-likeness (QED) is 0.644. The van der Waals surface area contributed by atoms with Crippen molar-refractivity contribution in [1.82, 2.24) is 0 Å². The van der Waals surface area contributed by atoms with Gasteiger partial charge in [-0.3, -0.25) is 4.79 Å². The summed E-state index contributed by atoms with van der Waals surface area (Å²) in [5, 5.41) is 2.31. The van der Waals surface area contributed by atoms with Gasteiger partial charge in [0.1, 0.15) is 11.6 Å². The lowest BCUT2D eigenvalue weighted by Gasteiger charge is -2.10. The van der Waals surface area contributed by atoms with Crippen molar-refractivity contribution >= 4 is 33.2 Å². The number of hydrogen-bond acceptors (Lipinski definition) is 2. The Bertz CT molecular complexity index is 689. The first-order valence-electron chi connectivity index (χ1n) is 5.71. The smallest absolute Gasteiger partial charge is 0.257 e. The summed E-state index contributed by atoms with van der Waals surface area (Å²) in [7, 11) is 0. The van der Waals surface area contributed by atoms with E-state index in [1.807, 2.05) is 0 Å². The van der Waals surface area contributed by atoms with Gasteiger partial charge < -0.3 is 11.1 Å². The first kappa shape index (κ1) is 14.5. The zero-order valence-corrected chi connectivity index (χ0v) is 12.1. The largest absolute Gasteiger partial charge is 0.398 e. The molecule has 20 heavy (non-hydrogen) atoms. The fraction of sp³-hybridized carbons (Fsp3) is 0.0714. The number of halogens is 3. The lowest BCUT2D eigenvalue weighted by atomic mass is 10.1. The van der Waals surface area contributed by atoms with Gasteiger partial charge in [0.05, 0.1) is 15.7 Å². The molecule has 3 N–H and O–H groups in total. The molecule has 0 aliphatic heterocycles. The van der Waals surface area contributed by atoms with Crippen molar-refractivity contribution in [2.45, 2.75) is 6.92 Å². The predicted octanol–water partition coefficient (Wildman–Crippen LogP) is 3.87. The number of benzene rings is 2. The van der Waals surface area contributed by atoms with Crippen LogP contribution in [0.15, 0.2) is 34.8 Å². The zero-order chi connectivity index (χ0) is 14.9. The minimum atomic E-state index is -0.738. The molecule has 6 heteroatoms. The normalized spacial score (nSPS) is 10.4. The lowest BCUT2D eigenvalue weighted by Crippen LogP contribution is -2.15. The molecule has 0 saturated carbocycles. The molecule has 0 aliphatic rings. The Morgan fingerprint density at radius 3 is 2.65 bits per heavy atom. The molecule has 0 aromatic heterocycles. The van der Waals surface area contributed by atoms with E-state index in [1.54, 1.807) is 19.1 Å². The Hall–Kier alpha value is -1.95. The van der Waals surface area contributed by atoms with Crippen LogP contribution in [0.5, 0.6) is 0 Å². The number of hydrogen-bond donors (Lipinski definition) is 2. The summed E-state index contributed by atoms with van der Waals surface area (Å²) in [6.07, 6.45) is 0. The van der Waals surface area contributed by atoms with E-state index in [-0.39, 0.29) is 15.7 Å². The van der Waals surface area contributed by atoms with Gasteiger partial charge in [-0.05, 0) is 40.5 Å². The van der Waals surface area contributed by atoms with Crippen LogP contribution in [0.4, 0.5) is 20.2 Å². The maximum atomic E-state index is 13.6. The topological polar surface area (TPSA) is 55.1 Å². The summed E-state index contributed by atoms with van der Waals surface area (Å²) in [4.78, 5) is 12.0. The molecule has 104 valence electrons. The molecule has 3 nitrogen and oxygen atoms in total. The number of anilines is 2. The van der Waals surface area contributed by atoms with Gasteiger partial charge in [0, 0.05) is 11.8 Å². The average Bonchev–Trinajstić information content (AvgIpc) is 2.39. The van der Waals surface area contributed by atoms with Crippen molar-refractivity contribution in [3.05, 3.63) is 57.6 Å². The fourth-order valence-corrected chi connectivity index (χ4v) is 2.00. The summed E-state index contributed by atoms with van der Waals surface area (Å²) in [5.41, 5.74) is 6.81. The van der Waals surface area contributed by atoms with E-state index in [0.29, 0.717) is 5.69 Å². The maximum Gasteiger partial charge on any atom is 0.257 e. The number of rotatable bonds is 2. The Morgan fingerprint density at radius 2 is 1.95 bits per heavy atom. The summed E-state index contributed by atoms with van der Waals surface area (Å²) in [6, 6.07) is 6.80. The van der Waals surface area contributed by atoms with Crippen LogP contribution in [-0.2, 0) is 0 Å². The fourth-order valence-electron chi connectivity index (χ4n) is 1.69. The standard InChI is InChI=1S/C14H11BrF2N2O/c1-7-3-2-4-8(13(7)18)14(20)19-12-6-10(16)9(15)5-11(12)17/h2-6H,18H2,1H3,(H,19,20). The van der Waals surface area contributed by atoms with E-state index in [4.69, 9.17) is 5.73 Å². The van der Waals surface area contributed by atoms with Gasteiger partial charge in [-0.2, -0.15) is 0 Å². The summed E-state index contributed by atoms with van der Waals surface area (Å²) >= 11 is 2.86. The molecule has 1 amide bonds. The highest BCUT2D eigenvalue weighted by Crippen LogP contribution is 2.24. The Morgan fingerprint density at radius 1 is 1.25 bits per heavy atom. The number of amides is 1. The summed E-state index contributed by atoms with van der Waals surface area (Å²) in [5.74, 6) is -2.00. The number of nitrogens with two attached hydrogens (primary N) is 1. The molecular weight excluding hydrogens is 330 g/mol. The second-order valence-corrected chi connectivity index (χ2v) is 5.09. The van der Waals surface area contributed by atoms with Crippen LogP contribution >= 0.6 is 15.9 Å². The van der Waals surface area contributed by atoms with Gasteiger partial charge in [-0.1, -0.05) is 12.1 Å². The minimum absolute atomic E-state index is 0.0110. The molecule has 0 fully saturated rings. The van der Waals surface area contributed by atoms with Crippen LogP contribution in [0, 0.1) is 18.6 Å². The Kier molecular flexibility index (Phi) is 4.04. The van der Waals surface area contributed by atoms with Gasteiger partial charge in [0.25, 0.3) is 5.91 Å². The number of aryl methyl sites for hydroxylation is 1. The molecule has 2 aromatic carbocycles. The Labute approximate surface area is 122 Å². The van der Waals surface area contributed by atoms with Crippen molar-refractivity contribution in [3.63, 3.8) is 0 Å². The van der Waals surface area contributed by atoms with E-state index in [9.17, 15) is 13.6 Å². The molecule has 0 heterocycles. The third-order valence-electron chi connectivity index (χ3n) is 2.83. The number of nitrogens with one attached hydrogen (secondary N) is 1. The van der Waals surface area contributed by atoms with E-state index < -0.39 is 17.5 Å². The summed E-state index contributed by atoms with van der Waals surface area (Å²) in [6.45, 7) is 1.76. The number of nitrogen functional groups attached to an aromatic ring is 1. The number of carbonyl (C=O) groups is 1. The lowest BCUT2D eigenvalue weighted by molar-refractivity contribution is 0.102. The highest BCUT2D eigenvalue weighted by atomic mass is 79.9. The van der Waals surface area contributed by atoms with Crippen LogP contribution in [0.25, 0.3) is 0 Å². The highest BCUT2D eigenvalue weighted by molar-refractivity contribution is 9.10. The van der Waals surface area contributed by atoms with E-state index in [2.05, 4.69) is 21.2 Å². The molecule has 0 aliphatic carbocycles. The molecule has 0 atom stereocenters. The van der Waals surface area contributed by atoms with Gasteiger partial charge in [-0.15, -0.1) is 0 Å². The number of para-hydroxylation sites is 1. The van der Waals surface area contributed by atoms with Gasteiger partial charge >= 0.3 is 0 Å². The minimum Gasteiger partial charge on any atom is -0.398 e. The third-order valence-corrected chi connectivity index (χ3v) is 3.43. The molecule has 0 spiro atoms. The molecule has 0 saturated heterocycles.